The first-order valence-electron chi connectivity index (χ1n) is 6.85. The summed E-state index contributed by atoms with van der Waals surface area (Å²) >= 11 is 0. The van der Waals surface area contributed by atoms with Crippen molar-refractivity contribution in [3.63, 3.8) is 0 Å². The Labute approximate surface area is 134 Å². The maximum atomic E-state index is 12.3. The molecule has 0 spiro atoms. The molecule has 3 amide bonds. The van der Waals surface area contributed by atoms with E-state index in [1.165, 1.54) is 24.3 Å². The summed E-state index contributed by atoms with van der Waals surface area (Å²) in [6.07, 6.45) is -4.52. The zero-order valence-corrected chi connectivity index (χ0v) is 12.3. The van der Waals surface area contributed by atoms with Crippen LogP contribution in [-0.2, 0) is 11.3 Å². The summed E-state index contributed by atoms with van der Waals surface area (Å²) < 4.78 is 36.9. The number of alkyl halides is 3. The lowest BCUT2D eigenvalue weighted by molar-refractivity contribution is -0.157. The highest BCUT2D eigenvalue weighted by atomic mass is 19.4. The normalized spacial score (nSPS) is 14.9. The van der Waals surface area contributed by atoms with Gasteiger partial charge >= 0.3 is 18.2 Å². The lowest BCUT2D eigenvalue weighted by atomic mass is 10.1. The molecule has 1 fully saturated rings. The van der Waals surface area contributed by atoms with Crippen LogP contribution < -0.4 is 5.32 Å². The number of carboxylic acid groups (broad SMARTS) is 1. The van der Waals surface area contributed by atoms with Crippen molar-refractivity contribution in [3.05, 3.63) is 35.4 Å². The predicted molar refractivity (Wildman–Crippen MR) is 75.0 cm³/mol. The van der Waals surface area contributed by atoms with Crippen molar-refractivity contribution in [2.45, 2.75) is 12.7 Å². The van der Waals surface area contributed by atoms with E-state index < -0.39 is 43.8 Å². The van der Waals surface area contributed by atoms with Crippen LogP contribution in [0.15, 0.2) is 24.3 Å². The lowest BCUT2D eigenvalue weighted by Crippen LogP contribution is -2.40. The van der Waals surface area contributed by atoms with Crippen molar-refractivity contribution in [1.29, 1.82) is 0 Å². The van der Waals surface area contributed by atoms with Crippen LogP contribution in [0, 0.1) is 0 Å². The number of urea groups is 1. The fourth-order valence-corrected chi connectivity index (χ4v) is 2.14. The molecule has 1 aromatic rings. The molecule has 0 aliphatic carbocycles. The Balaban J connectivity index is 1.87. The number of nitrogens with one attached hydrogen (secondary N) is 1. The summed E-state index contributed by atoms with van der Waals surface area (Å²) in [5.41, 5.74) is 0.712. The molecular formula is C14H14F3N3O4. The fourth-order valence-electron chi connectivity index (χ4n) is 2.14. The first kappa shape index (κ1) is 17.6. The number of aromatic carboxylic acids is 1. The second kappa shape index (κ2) is 6.77. The Kier molecular flexibility index (Phi) is 4.96. The van der Waals surface area contributed by atoms with Gasteiger partial charge in [0.25, 0.3) is 0 Å². The molecule has 1 saturated heterocycles. The monoisotopic (exact) mass is 345 g/mol. The number of rotatable bonds is 4. The van der Waals surface area contributed by atoms with Gasteiger partial charge in [0.1, 0.15) is 13.1 Å². The Bertz CT molecular complexity index is 646. The van der Waals surface area contributed by atoms with E-state index >= 15 is 0 Å². The van der Waals surface area contributed by atoms with Crippen LogP contribution in [0.4, 0.5) is 18.0 Å². The molecule has 0 atom stereocenters. The van der Waals surface area contributed by atoms with Crippen LogP contribution in [0.2, 0.25) is 0 Å². The number of benzene rings is 1. The van der Waals surface area contributed by atoms with Crippen LogP contribution in [0.5, 0.6) is 0 Å². The molecular weight excluding hydrogens is 331 g/mol. The van der Waals surface area contributed by atoms with Gasteiger partial charge in [0.2, 0.25) is 5.91 Å². The van der Waals surface area contributed by atoms with E-state index in [4.69, 9.17) is 5.11 Å². The third-order valence-corrected chi connectivity index (χ3v) is 3.32. The molecule has 24 heavy (non-hydrogen) atoms. The van der Waals surface area contributed by atoms with Crippen molar-refractivity contribution < 1.29 is 32.7 Å². The van der Waals surface area contributed by atoms with Crippen LogP contribution in [0.25, 0.3) is 0 Å². The maximum Gasteiger partial charge on any atom is 0.406 e. The number of carbonyl (C=O) groups is 3. The van der Waals surface area contributed by atoms with Crippen LogP contribution in [-0.4, -0.2) is 58.7 Å². The van der Waals surface area contributed by atoms with E-state index in [1.807, 2.05) is 0 Å². The maximum absolute atomic E-state index is 12.3. The molecule has 0 aromatic heterocycles. The molecule has 7 nitrogen and oxygen atoms in total. The molecule has 2 rings (SSSR count). The van der Waals surface area contributed by atoms with Gasteiger partial charge in [-0.15, -0.1) is 0 Å². The summed E-state index contributed by atoms with van der Waals surface area (Å²) in [4.78, 5) is 35.7. The standard InChI is InChI=1S/C14H14F3N3O4/c15-14(16,17)7-20-8-19(6-11(20)21)13(24)18-5-9-1-3-10(4-2-9)12(22)23/h1-4H,5-8H2,(H,18,24)(H,22,23). The highest BCUT2D eigenvalue weighted by Crippen LogP contribution is 2.19. The largest absolute Gasteiger partial charge is 0.478 e. The van der Waals surface area contributed by atoms with Gasteiger partial charge in [0.05, 0.1) is 12.2 Å². The summed E-state index contributed by atoms with van der Waals surface area (Å²) in [6, 6.07) is 5.09. The van der Waals surface area contributed by atoms with Crippen molar-refractivity contribution in [2.24, 2.45) is 0 Å². The Morgan fingerprint density at radius 2 is 1.83 bits per heavy atom. The van der Waals surface area contributed by atoms with Crippen molar-refractivity contribution >= 4 is 17.9 Å². The van der Waals surface area contributed by atoms with Crippen LogP contribution >= 0.6 is 0 Å². The molecule has 1 aromatic carbocycles. The summed E-state index contributed by atoms with van der Waals surface area (Å²) in [5.74, 6) is -1.85. The molecule has 130 valence electrons. The van der Waals surface area contributed by atoms with Crippen molar-refractivity contribution in [1.82, 2.24) is 15.1 Å². The van der Waals surface area contributed by atoms with Crippen LogP contribution in [0.1, 0.15) is 15.9 Å². The highest BCUT2D eigenvalue weighted by molar-refractivity contribution is 5.88. The molecule has 1 aliphatic rings. The Hall–Kier alpha value is -2.78. The average molecular weight is 345 g/mol. The summed E-state index contributed by atoms with van der Waals surface area (Å²) in [6.45, 7) is -2.18. The molecule has 0 unspecified atom stereocenters. The molecule has 0 saturated carbocycles. The number of halogens is 3. The molecule has 0 bridgehead atoms. The van der Waals surface area contributed by atoms with E-state index in [1.54, 1.807) is 0 Å². The Morgan fingerprint density at radius 3 is 2.38 bits per heavy atom. The molecule has 10 heteroatoms. The van der Waals surface area contributed by atoms with Gasteiger partial charge in [-0.1, -0.05) is 12.1 Å². The molecule has 0 radical (unpaired) electrons. The van der Waals surface area contributed by atoms with Gasteiger partial charge in [0.15, 0.2) is 0 Å². The van der Waals surface area contributed by atoms with Crippen molar-refractivity contribution in [3.8, 4) is 0 Å². The number of carboxylic acids is 1. The zero-order chi connectivity index (χ0) is 17.9. The first-order chi connectivity index (χ1) is 11.2. The highest BCUT2D eigenvalue weighted by Gasteiger charge is 2.38. The minimum absolute atomic E-state index is 0.0582. The van der Waals surface area contributed by atoms with Gasteiger partial charge in [-0.05, 0) is 17.7 Å². The van der Waals surface area contributed by atoms with E-state index in [2.05, 4.69) is 5.32 Å². The minimum atomic E-state index is -4.52. The lowest BCUT2D eigenvalue weighted by Gasteiger charge is -2.19. The molecule has 2 N–H and O–H groups in total. The number of hydrogen-bond acceptors (Lipinski definition) is 3. The number of amides is 3. The topological polar surface area (TPSA) is 90.0 Å². The van der Waals surface area contributed by atoms with E-state index in [0.29, 0.717) is 10.5 Å². The second-order valence-electron chi connectivity index (χ2n) is 5.21. The first-order valence-corrected chi connectivity index (χ1v) is 6.85. The van der Waals surface area contributed by atoms with Gasteiger partial charge in [0, 0.05) is 6.54 Å². The second-order valence-corrected chi connectivity index (χ2v) is 5.21. The number of hydrogen-bond donors (Lipinski definition) is 2. The quantitative estimate of drug-likeness (QED) is 0.860. The van der Waals surface area contributed by atoms with Gasteiger partial charge in [-0.3, -0.25) is 9.69 Å². The third-order valence-electron chi connectivity index (χ3n) is 3.32. The smallest absolute Gasteiger partial charge is 0.406 e. The van der Waals surface area contributed by atoms with Gasteiger partial charge < -0.3 is 15.3 Å². The number of carbonyl (C=O) groups excluding carboxylic acids is 2. The SMILES string of the molecule is O=C(O)c1ccc(CNC(=O)N2CC(=O)N(CC(F)(F)F)C2)cc1. The van der Waals surface area contributed by atoms with E-state index in [-0.39, 0.29) is 12.1 Å². The minimum Gasteiger partial charge on any atom is -0.478 e. The molecule has 1 heterocycles. The average Bonchev–Trinajstić information content (AvgIpc) is 2.84. The number of nitrogens with zero attached hydrogens (tertiary/aromatic N) is 2. The van der Waals surface area contributed by atoms with Crippen LogP contribution in [0.3, 0.4) is 0 Å². The van der Waals surface area contributed by atoms with E-state index in [9.17, 15) is 27.6 Å². The summed E-state index contributed by atoms with van der Waals surface area (Å²) in [5, 5.41) is 11.2. The van der Waals surface area contributed by atoms with Crippen molar-refractivity contribution in [2.75, 3.05) is 19.8 Å². The van der Waals surface area contributed by atoms with Gasteiger partial charge in [-0.25, -0.2) is 9.59 Å². The van der Waals surface area contributed by atoms with Gasteiger partial charge in [-0.2, -0.15) is 13.2 Å². The van der Waals surface area contributed by atoms with E-state index in [0.717, 1.165) is 4.90 Å². The summed E-state index contributed by atoms with van der Waals surface area (Å²) in [7, 11) is 0. The predicted octanol–water partition coefficient (Wildman–Crippen LogP) is 1.26. The Morgan fingerprint density at radius 1 is 1.21 bits per heavy atom. The molecule has 1 aliphatic heterocycles. The third kappa shape index (κ3) is 4.61. The fraction of sp³-hybridized carbons (Fsp3) is 0.357. The zero-order valence-electron chi connectivity index (χ0n) is 12.3.